The van der Waals surface area contributed by atoms with Crippen LogP contribution >= 0.6 is 11.6 Å². The molecule has 502 valence electrons. The number of hydrogen-bond acceptors (Lipinski definition) is 9. The molecule has 3 unspecified atom stereocenters. The minimum atomic E-state index is -3.18. The lowest BCUT2D eigenvalue weighted by atomic mass is 9.78. The van der Waals surface area contributed by atoms with Gasteiger partial charge in [0.15, 0.2) is 9.84 Å². The Morgan fingerprint density at radius 1 is 0.656 bits per heavy atom. The molecule has 0 saturated carbocycles. The van der Waals surface area contributed by atoms with E-state index in [1.165, 1.54) is 51.8 Å². The molecule has 4 aromatic rings. The molecule has 0 aliphatic carbocycles. The first-order chi connectivity index (χ1) is 41.7. The maximum absolute atomic E-state index is 12.9. The molecule has 2 N–H and O–H groups in total. The molecule has 0 radical (unpaired) electrons. The third kappa shape index (κ3) is 28.3. The van der Waals surface area contributed by atoms with E-state index >= 15 is 0 Å². The predicted molar refractivity (Wildman–Crippen MR) is 377 cm³/mol. The van der Waals surface area contributed by atoms with Crippen LogP contribution in [0, 0.1) is 18.7 Å². The van der Waals surface area contributed by atoms with Crippen LogP contribution in [-0.4, -0.2) is 129 Å². The zero-order valence-electron chi connectivity index (χ0n) is 59.2. The molecule has 3 atom stereocenters. The number of carbonyl (C=O) groups excluding carboxylic acids is 2. The van der Waals surface area contributed by atoms with Crippen LogP contribution in [0.15, 0.2) is 137 Å². The molecule has 0 bridgehead atoms. The van der Waals surface area contributed by atoms with Gasteiger partial charge in [-0.25, -0.2) is 22.4 Å². The van der Waals surface area contributed by atoms with Gasteiger partial charge in [-0.2, -0.15) is 0 Å². The molecule has 2 amide bonds. The van der Waals surface area contributed by atoms with Crippen molar-refractivity contribution in [1.82, 2.24) is 19.6 Å². The number of aryl methyl sites for hydroxylation is 1. The zero-order chi connectivity index (χ0) is 68.0. The number of ether oxygens (including phenoxy) is 2. The molecule has 0 aromatic heterocycles. The summed E-state index contributed by atoms with van der Waals surface area (Å²) in [5.74, 6) is 0.578. The molecule has 2 heterocycles. The molecule has 0 spiro atoms. The second-order valence-electron chi connectivity index (χ2n) is 29.0. The van der Waals surface area contributed by atoms with Crippen LogP contribution in [0.25, 0.3) is 0 Å². The van der Waals surface area contributed by atoms with Gasteiger partial charge in [-0.15, -0.1) is 0 Å². The van der Waals surface area contributed by atoms with Gasteiger partial charge >= 0.3 is 12.2 Å². The third-order valence-corrected chi connectivity index (χ3v) is 18.0. The van der Waals surface area contributed by atoms with Crippen molar-refractivity contribution in [3.8, 4) is 0 Å². The topological polar surface area (TPSA) is 126 Å². The highest BCUT2D eigenvalue weighted by molar-refractivity contribution is 7.90. The number of amides is 2. The largest absolute Gasteiger partial charge is 0.449 e. The summed E-state index contributed by atoms with van der Waals surface area (Å²) in [5, 5.41) is 0.771. The van der Waals surface area contributed by atoms with Crippen molar-refractivity contribution >= 4 is 33.6 Å². The molecule has 11 nitrogen and oxygen atoms in total. The Morgan fingerprint density at radius 3 is 1.51 bits per heavy atom. The van der Waals surface area contributed by atoms with Crippen LogP contribution in [0.2, 0.25) is 5.02 Å². The Morgan fingerprint density at radius 2 is 1.09 bits per heavy atom. The highest BCUT2D eigenvalue weighted by Crippen LogP contribution is 2.37. The summed E-state index contributed by atoms with van der Waals surface area (Å²) in [5.41, 5.74) is 15.9. The summed E-state index contributed by atoms with van der Waals surface area (Å²) in [7, 11) is -3.18. The number of allylic oxidation sites excluding steroid dienone is 3. The van der Waals surface area contributed by atoms with Crippen molar-refractivity contribution in [3.63, 3.8) is 0 Å². The quantitative estimate of drug-likeness (QED) is 0.0861. The predicted octanol–water partition coefficient (Wildman–Crippen LogP) is 18.1. The first kappa shape index (κ1) is 78.9. The van der Waals surface area contributed by atoms with E-state index in [4.69, 9.17) is 26.8 Å². The molecule has 90 heavy (non-hydrogen) atoms. The molecule has 2 aliphatic heterocycles. The summed E-state index contributed by atoms with van der Waals surface area (Å²) in [6, 6.07) is 32.1. The average Bonchev–Trinajstić information content (AvgIpc) is 0.995. The molecular weight excluding hydrogens is 1170 g/mol. The SMILES string of the molecule is CC(C)=CC(CC(C)(C)c1ccc(C)cc1)N1CCN(C(=O)OCC(C)C)CC1.CC(C)=CC(CC(C)(C)c1ccc(Cl)cc1)N1CCC(c2cccc(S(C)(=O)=O)c2)CC1.CC(C)=CC(N)CC(C)(C)c1ccc(F)cc1.CCN(CC)C(=O)OC(C)(C)C. The molecule has 14 heteroatoms. The zero-order valence-corrected chi connectivity index (χ0v) is 60.8. The van der Waals surface area contributed by atoms with Gasteiger partial charge in [0, 0.05) is 68.7 Å². The Bertz CT molecular complexity index is 3010. The maximum Gasteiger partial charge on any atom is 0.410 e. The van der Waals surface area contributed by atoms with Crippen LogP contribution in [0.1, 0.15) is 197 Å². The number of piperazine rings is 1. The normalized spacial score (nSPS) is 15.5. The smallest absolute Gasteiger partial charge is 0.410 e. The van der Waals surface area contributed by atoms with E-state index in [-0.39, 0.29) is 45.9 Å². The minimum Gasteiger partial charge on any atom is -0.449 e. The summed E-state index contributed by atoms with van der Waals surface area (Å²) in [6.07, 6.45) is 12.8. The lowest BCUT2D eigenvalue weighted by Gasteiger charge is -2.41. The highest BCUT2D eigenvalue weighted by Gasteiger charge is 2.33. The van der Waals surface area contributed by atoms with E-state index in [0.717, 1.165) is 87.5 Å². The third-order valence-electron chi connectivity index (χ3n) is 16.6. The van der Waals surface area contributed by atoms with Crippen LogP contribution in [0.5, 0.6) is 0 Å². The lowest BCUT2D eigenvalue weighted by Crippen LogP contribution is -2.52. The van der Waals surface area contributed by atoms with Gasteiger partial charge in [-0.3, -0.25) is 9.80 Å². The molecule has 2 fully saturated rings. The fraction of sp³-hybridized carbons (Fsp3) is 0.579. The molecule has 6 rings (SSSR count). The number of rotatable bonds is 20. The average molecular weight is 1280 g/mol. The van der Waals surface area contributed by atoms with E-state index in [1.807, 2.05) is 89.8 Å². The standard InChI is InChI=1S/C27H36ClNO2S.C25H40N2O2.C15H22FN.C9H19NO2/c1-20(2)17-25(19-27(3,4)23-9-11-24(28)12-10-23)29-15-13-21(14-16-29)22-7-6-8-26(18-22)32(5,30)31;1-19(2)16-23(17-25(6,7)22-10-8-21(5)9-11-22)26-12-14-27(15-13-26)24(28)29-18-20(3)4;1-11(2)9-14(17)10-15(3,4)12-5-7-13(16)8-6-12;1-6-10(7-2)8(11)12-9(3,4)5/h6-12,17-18,21,25H,13-16,19H2,1-5H3;8-11,16,20,23H,12-15,17-18H2,1-7H3;5-9,14H,10,17H2,1-4H3;6-7H2,1-5H3. The van der Waals surface area contributed by atoms with E-state index in [9.17, 15) is 22.4 Å². The van der Waals surface area contributed by atoms with Gasteiger partial charge in [0.25, 0.3) is 0 Å². The monoisotopic (exact) mass is 1280 g/mol. The maximum atomic E-state index is 12.9. The number of nitrogens with two attached hydrogens (primary N) is 1. The van der Waals surface area contributed by atoms with Gasteiger partial charge in [-0.05, 0) is 215 Å². The summed E-state index contributed by atoms with van der Waals surface area (Å²) >= 11 is 6.11. The fourth-order valence-electron chi connectivity index (χ4n) is 11.6. The number of nitrogens with zero attached hydrogens (tertiary/aromatic N) is 4. The van der Waals surface area contributed by atoms with E-state index in [0.29, 0.717) is 48.5 Å². The van der Waals surface area contributed by atoms with Crippen molar-refractivity contribution in [3.05, 3.63) is 171 Å². The Kier molecular flexibility index (Phi) is 31.8. The number of carbonyl (C=O) groups is 2. The number of benzene rings is 4. The van der Waals surface area contributed by atoms with Crippen LogP contribution < -0.4 is 5.73 Å². The second-order valence-corrected chi connectivity index (χ2v) is 31.4. The molecule has 4 aromatic carbocycles. The van der Waals surface area contributed by atoms with Gasteiger partial charge in [0.1, 0.15) is 11.4 Å². The van der Waals surface area contributed by atoms with Crippen LogP contribution in [0.4, 0.5) is 14.0 Å². The first-order valence-corrected chi connectivity index (χ1v) is 35.0. The van der Waals surface area contributed by atoms with E-state index in [1.54, 1.807) is 11.0 Å². The number of sulfone groups is 1. The van der Waals surface area contributed by atoms with Gasteiger partial charge < -0.3 is 25.0 Å². The first-order valence-electron chi connectivity index (χ1n) is 32.7. The van der Waals surface area contributed by atoms with E-state index in [2.05, 4.69) is 161 Å². The molecule has 2 saturated heterocycles. The number of likely N-dealkylation sites (tertiary alicyclic amines) is 1. The fourth-order valence-corrected chi connectivity index (χ4v) is 12.4. The Hall–Kier alpha value is -5.31. The van der Waals surface area contributed by atoms with Crippen molar-refractivity contribution in [2.75, 3.05) is 65.2 Å². The number of hydrogen-bond donors (Lipinski definition) is 1. The van der Waals surface area contributed by atoms with Crippen LogP contribution in [-0.2, 0) is 35.6 Å². The van der Waals surface area contributed by atoms with Crippen molar-refractivity contribution in [2.45, 2.75) is 221 Å². The second kappa shape index (κ2) is 36.2. The van der Waals surface area contributed by atoms with Gasteiger partial charge in [0.05, 0.1) is 11.5 Å². The van der Waals surface area contributed by atoms with Gasteiger partial charge in [0.2, 0.25) is 0 Å². The lowest BCUT2D eigenvalue weighted by molar-refractivity contribution is 0.0270. The van der Waals surface area contributed by atoms with Crippen molar-refractivity contribution < 1.29 is 31.9 Å². The minimum absolute atomic E-state index is 0.0296. The number of halogens is 2. The Labute approximate surface area is 551 Å². The summed E-state index contributed by atoms with van der Waals surface area (Å²) in [6.45, 7) is 49.2. The van der Waals surface area contributed by atoms with Crippen molar-refractivity contribution in [2.24, 2.45) is 11.7 Å². The van der Waals surface area contributed by atoms with Gasteiger partial charge in [-0.1, -0.05) is 168 Å². The summed E-state index contributed by atoms with van der Waals surface area (Å²) < 4.78 is 47.4. The van der Waals surface area contributed by atoms with E-state index < -0.39 is 9.84 Å². The number of piperidine rings is 1. The summed E-state index contributed by atoms with van der Waals surface area (Å²) in [4.78, 5) is 32.6. The molecular formula is C76H117ClFN5O6S. The van der Waals surface area contributed by atoms with Crippen molar-refractivity contribution in [1.29, 1.82) is 0 Å². The Balaban J connectivity index is 0.000000334. The highest BCUT2D eigenvalue weighted by atomic mass is 35.5. The molecule has 2 aliphatic rings. The van der Waals surface area contributed by atoms with Crippen LogP contribution in [0.3, 0.4) is 0 Å².